The lowest BCUT2D eigenvalue weighted by Gasteiger charge is -2.20. The molecule has 1 aliphatic heterocycles. The van der Waals surface area contributed by atoms with Gasteiger partial charge in [-0.15, -0.1) is 0 Å². The van der Waals surface area contributed by atoms with Crippen molar-refractivity contribution in [2.24, 2.45) is 0 Å². The van der Waals surface area contributed by atoms with Gasteiger partial charge in [-0.3, -0.25) is 14.5 Å². The van der Waals surface area contributed by atoms with Gasteiger partial charge in [0.2, 0.25) is 0 Å². The summed E-state index contributed by atoms with van der Waals surface area (Å²) in [4.78, 5) is 24.4. The topological polar surface area (TPSA) is 57.6 Å². The third-order valence-corrected chi connectivity index (χ3v) is 3.01. The molecule has 14 heavy (non-hydrogen) atoms. The monoisotopic (exact) mass is 211 g/mol. The van der Waals surface area contributed by atoms with Crippen LogP contribution < -0.4 is 0 Å². The zero-order chi connectivity index (χ0) is 10.3. The first-order valence-electron chi connectivity index (χ1n) is 4.21. The van der Waals surface area contributed by atoms with Crippen molar-refractivity contribution >= 4 is 23.2 Å². The zero-order valence-corrected chi connectivity index (χ0v) is 8.37. The fraction of sp³-hybridized carbons (Fsp3) is 0.333. The van der Waals surface area contributed by atoms with E-state index in [1.165, 1.54) is 11.3 Å². The number of aliphatic hydroxyl groups is 1. The quantitative estimate of drug-likeness (QED) is 0.733. The van der Waals surface area contributed by atoms with Crippen molar-refractivity contribution in [3.63, 3.8) is 0 Å². The maximum absolute atomic E-state index is 11.7. The SMILES string of the molecule is CC(CO)N1C(=O)c2cscc2C1=O. The van der Waals surface area contributed by atoms with Crippen LogP contribution in [0, 0.1) is 0 Å². The Bertz CT molecular complexity index is 368. The number of nitrogens with zero attached hydrogens (tertiary/aromatic N) is 1. The molecule has 2 heterocycles. The molecule has 0 bridgehead atoms. The van der Waals surface area contributed by atoms with Crippen molar-refractivity contribution in [3.05, 3.63) is 21.9 Å². The van der Waals surface area contributed by atoms with Crippen LogP contribution in [0.1, 0.15) is 27.6 Å². The Kier molecular flexibility index (Phi) is 2.13. The lowest BCUT2D eigenvalue weighted by atomic mass is 10.2. The number of fused-ring (bicyclic) bond motifs is 1. The van der Waals surface area contributed by atoms with E-state index in [9.17, 15) is 9.59 Å². The van der Waals surface area contributed by atoms with Crippen LogP contribution >= 0.6 is 11.3 Å². The summed E-state index contributed by atoms with van der Waals surface area (Å²) in [6.45, 7) is 1.44. The third kappa shape index (κ3) is 1.09. The van der Waals surface area contributed by atoms with Crippen molar-refractivity contribution in [1.82, 2.24) is 4.90 Å². The third-order valence-electron chi connectivity index (χ3n) is 2.27. The highest BCUT2D eigenvalue weighted by atomic mass is 32.1. The number of carbonyl (C=O) groups excluding carboxylic acids is 2. The van der Waals surface area contributed by atoms with Gasteiger partial charge in [0.15, 0.2) is 0 Å². The van der Waals surface area contributed by atoms with Gasteiger partial charge in [-0.25, -0.2) is 0 Å². The van der Waals surface area contributed by atoms with E-state index in [2.05, 4.69) is 0 Å². The molecule has 0 saturated heterocycles. The number of carbonyl (C=O) groups is 2. The average Bonchev–Trinajstić information content (AvgIpc) is 2.72. The van der Waals surface area contributed by atoms with Crippen molar-refractivity contribution < 1.29 is 14.7 Å². The minimum absolute atomic E-state index is 0.203. The Morgan fingerprint density at radius 2 is 1.86 bits per heavy atom. The molecule has 0 spiro atoms. The van der Waals surface area contributed by atoms with Crippen LogP contribution in [0.25, 0.3) is 0 Å². The van der Waals surface area contributed by atoms with Gasteiger partial charge >= 0.3 is 0 Å². The van der Waals surface area contributed by atoms with Crippen LogP contribution in [0.3, 0.4) is 0 Å². The zero-order valence-electron chi connectivity index (χ0n) is 7.56. The molecule has 1 unspecified atom stereocenters. The molecule has 1 atom stereocenters. The van der Waals surface area contributed by atoms with Crippen molar-refractivity contribution in [2.45, 2.75) is 13.0 Å². The molecular formula is C9H9NO3S. The molecule has 1 N–H and O–H groups in total. The number of amides is 2. The Balaban J connectivity index is 2.40. The maximum atomic E-state index is 11.7. The summed E-state index contributed by atoms with van der Waals surface area (Å²) in [5.41, 5.74) is 0.917. The molecule has 1 aliphatic rings. The van der Waals surface area contributed by atoms with Crippen LogP contribution in [-0.2, 0) is 0 Å². The largest absolute Gasteiger partial charge is 0.394 e. The second-order valence-electron chi connectivity index (χ2n) is 3.21. The number of aliphatic hydroxyl groups excluding tert-OH is 1. The minimum Gasteiger partial charge on any atom is -0.394 e. The van der Waals surface area contributed by atoms with E-state index in [0.29, 0.717) is 11.1 Å². The van der Waals surface area contributed by atoms with Gasteiger partial charge in [0, 0.05) is 10.8 Å². The number of hydrogen-bond acceptors (Lipinski definition) is 4. The molecule has 0 radical (unpaired) electrons. The highest BCUT2D eigenvalue weighted by Crippen LogP contribution is 2.27. The fourth-order valence-electron chi connectivity index (χ4n) is 1.46. The molecule has 0 aromatic carbocycles. The lowest BCUT2D eigenvalue weighted by Crippen LogP contribution is -2.40. The van der Waals surface area contributed by atoms with Gasteiger partial charge in [-0.2, -0.15) is 11.3 Å². The molecule has 2 amide bonds. The van der Waals surface area contributed by atoms with Gasteiger partial charge in [0.1, 0.15) is 0 Å². The minimum atomic E-state index is -0.451. The van der Waals surface area contributed by atoms with Crippen molar-refractivity contribution in [1.29, 1.82) is 0 Å². The number of thiophene rings is 1. The molecule has 2 rings (SSSR count). The Morgan fingerprint density at radius 1 is 1.36 bits per heavy atom. The highest BCUT2D eigenvalue weighted by molar-refractivity contribution is 7.08. The summed E-state index contributed by atoms with van der Waals surface area (Å²) in [5.74, 6) is -0.597. The van der Waals surface area contributed by atoms with Gasteiger partial charge in [-0.05, 0) is 6.92 Å². The summed E-state index contributed by atoms with van der Waals surface area (Å²) in [6, 6.07) is -0.451. The first kappa shape index (κ1) is 9.36. The van der Waals surface area contributed by atoms with Crippen LogP contribution in [0.5, 0.6) is 0 Å². The van der Waals surface area contributed by atoms with E-state index in [0.717, 1.165) is 4.90 Å². The van der Waals surface area contributed by atoms with Gasteiger partial charge < -0.3 is 5.11 Å². The van der Waals surface area contributed by atoms with Gasteiger partial charge in [-0.1, -0.05) is 0 Å². The van der Waals surface area contributed by atoms with E-state index < -0.39 is 6.04 Å². The average molecular weight is 211 g/mol. The molecular weight excluding hydrogens is 202 g/mol. The highest BCUT2D eigenvalue weighted by Gasteiger charge is 2.38. The van der Waals surface area contributed by atoms with E-state index >= 15 is 0 Å². The summed E-state index contributed by atoms with van der Waals surface area (Å²) in [7, 11) is 0. The van der Waals surface area contributed by atoms with Crippen LogP contribution in [0.2, 0.25) is 0 Å². The lowest BCUT2D eigenvalue weighted by molar-refractivity contribution is 0.0537. The van der Waals surface area contributed by atoms with E-state index in [1.807, 2.05) is 0 Å². The van der Waals surface area contributed by atoms with Crippen molar-refractivity contribution in [3.8, 4) is 0 Å². The van der Waals surface area contributed by atoms with Crippen LogP contribution in [0.4, 0.5) is 0 Å². The number of imide groups is 1. The van der Waals surface area contributed by atoms with E-state index in [1.54, 1.807) is 17.7 Å². The van der Waals surface area contributed by atoms with Crippen LogP contribution in [0.15, 0.2) is 10.8 Å². The number of hydrogen-bond donors (Lipinski definition) is 1. The predicted octanol–water partition coefficient (Wildman–Crippen LogP) is 0.725. The normalized spacial score (nSPS) is 17.4. The molecule has 0 aliphatic carbocycles. The molecule has 5 heteroatoms. The first-order valence-corrected chi connectivity index (χ1v) is 5.16. The molecule has 74 valence electrons. The predicted molar refractivity (Wildman–Crippen MR) is 51.4 cm³/mol. The molecule has 0 fully saturated rings. The summed E-state index contributed by atoms with van der Waals surface area (Å²) >= 11 is 1.34. The van der Waals surface area contributed by atoms with Gasteiger partial charge in [0.25, 0.3) is 11.8 Å². The van der Waals surface area contributed by atoms with Crippen molar-refractivity contribution in [2.75, 3.05) is 6.61 Å². The first-order chi connectivity index (χ1) is 6.66. The Morgan fingerprint density at radius 3 is 2.29 bits per heavy atom. The Hall–Kier alpha value is -1.20. The molecule has 1 aromatic rings. The summed E-state index contributed by atoms with van der Waals surface area (Å²) in [5, 5.41) is 12.2. The maximum Gasteiger partial charge on any atom is 0.262 e. The summed E-state index contributed by atoms with van der Waals surface area (Å²) in [6.07, 6.45) is 0. The second-order valence-corrected chi connectivity index (χ2v) is 3.95. The van der Waals surface area contributed by atoms with E-state index in [-0.39, 0.29) is 18.4 Å². The standard InChI is InChI=1S/C9H9NO3S/c1-5(2-11)10-8(12)6-3-14-4-7(6)9(10)13/h3-5,11H,2H2,1H3. The number of rotatable bonds is 2. The van der Waals surface area contributed by atoms with E-state index in [4.69, 9.17) is 5.11 Å². The van der Waals surface area contributed by atoms with Crippen LogP contribution in [-0.4, -0.2) is 34.5 Å². The molecule has 1 aromatic heterocycles. The molecule has 4 nitrogen and oxygen atoms in total. The Labute approximate surface area is 84.8 Å². The molecule has 0 saturated carbocycles. The fourth-order valence-corrected chi connectivity index (χ4v) is 2.26. The summed E-state index contributed by atoms with van der Waals surface area (Å²) < 4.78 is 0. The van der Waals surface area contributed by atoms with Gasteiger partial charge in [0.05, 0.1) is 23.8 Å². The smallest absolute Gasteiger partial charge is 0.262 e. The second kappa shape index (κ2) is 3.18.